The summed E-state index contributed by atoms with van der Waals surface area (Å²) < 4.78 is 5.65. The summed E-state index contributed by atoms with van der Waals surface area (Å²) >= 11 is 0. The molecule has 0 aromatic heterocycles. The fraction of sp³-hybridized carbons (Fsp3) is 0.357. The van der Waals surface area contributed by atoms with Crippen LogP contribution in [0, 0.1) is 0 Å². The number of hydrogen-bond acceptors (Lipinski definition) is 2. The topological polar surface area (TPSA) is 26.3 Å². The molecule has 2 nitrogen and oxygen atoms in total. The molecule has 0 fully saturated rings. The molecule has 1 rings (SSSR count). The third kappa shape index (κ3) is 5.47. The fourth-order valence-corrected chi connectivity index (χ4v) is 1.31. The van der Waals surface area contributed by atoms with Gasteiger partial charge in [-0.2, -0.15) is 0 Å². The number of ketones is 1. The molecule has 1 aromatic carbocycles. The van der Waals surface area contributed by atoms with Gasteiger partial charge in [0.2, 0.25) is 0 Å². The molecule has 0 aliphatic rings. The lowest BCUT2D eigenvalue weighted by molar-refractivity contribution is -0.112. The van der Waals surface area contributed by atoms with Crippen LogP contribution in [-0.2, 0) is 16.1 Å². The Morgan fingerprint density at radius 2 is 2.06 bits per heavy atom. The minimum absolute atomic E-state index is 0.0789. The number of carbonyl (C=O) groups excluding carboxylic acids is 1. The monoisotopic (exact) mass is 218 g/mol. The SMILES string of the molecule is CC(=O)C=CCC(C)OCc1ccccc1. The van der Waals surface area contributed by atoms with Crippen molar-refractivity contribution in [3.05, 3.63) is 48.0 Å². The average Bonchev–Trinajstić information content (AvgIpc) is 2.27. The maximum absolute atomic E-state index is 10.7. The van der Waals surface area contributed by atoms with Crippen molar-refractivity contribution in [3.63, 3.8) is 0 Å². The summed E-state index contributed by atoms with van der Waals surface area (Å²) in [6, 6.07) is 10.1. The Bertz CT molecular complexity index is 341. The minimum atomic E-state index is 0.0789. The predicted molar refractivity (Wildman–Crippen MR) is 65.1 cm³/mol. The van der Waals surface area contributed by atoms with Gasteiger partial charge in [-0.05, 0) is 31.9 Å². The zero-order valence-corrected chi connectivity index (χ0v) is 9.85. The van der Waals surface area contributed by atoms with Crippen LogP contribution in [0.1, 0.15) is 25.8 Å². The van der Waals surface area contributed by atoms with Gasteiger partial charge < -0.3 is 4.74 Å². The molecule has 1 atom stereocenters. The Morgan fingerprint density at radius 3 is 2.69 bits per heavy atom. The first kappa shape index (κ1) is 12.7. The Kier molecular flexibility index (Phi) is 5.51. The van der Waals surface area contributed by atoms with Gasteiger partial charge >= 0.3 is 0 Å². The highest BCUT2D eigenvalue weighted by atomic mass is 16.5. The minimum Gasteiger partial charge on any atom is -0.374 e. The van der Waals surface area contributed by atoms with E-state index >= 15 is 0 Å². The van der Waals surface area contributed by atoms with Crippen molar-refractivity contribution >= 4 is 5.78 Å². The molecule has 0 spiro atoms. The molecule has 86 valence electrons. The van der Waals surface area contributed by atoms with Crippen LogP contribution < -0.4 is 0 Å². The lowest BCUT2D eigenvalue weighted by Crippen LogP contribution is -2.06. The normalized spacial score (nSPS) is 12.9. The molecule has 0 radical (unpaired) electrons. The molecular weight excluding hydrogens is 200 g/mol. The van der Waals surface area contributed by atoms with E-state index in [4.69, 9.17) is 4.74 Å². The lowest BCUT2D eigenvalue weighted by Gasteiger charge is -2.10. The Hall–Kier alpha value is -1.41. The van der Waals surface area contributed by atoms with E-state index in [-0.39, 0.29) is 11.9 Å². The molecular formula is C14H18O2. The molecule has 0 saturated heterocycles. The third-order valence-electron chi connectivity index (χ3n) is 2.20. The number of hydrogen-bond donors (Lipinski definition) is 0. The highest BCUT2D eigenvalue weighted by Crippen LogP contribution is 2.05. The first-order chi connectivity index (χ1) is 7.68. The summed E-state index contributed by atoms with van der Waals surface area (Å²) in [5.74, 6) is 0.0789. The van der Waals surface area contributed by atoms with Gasteiger partial charge in [-0.1, -0.05) is 36.4 Å². The first-order valence-electron chi connectivity index (χ1n) is 5.51. The Morgan fingerprint density at radius 1 is 1.38 bits per heavy atom. The highest BCUT2D eigenvalue weighted by molar-refractivity contribution is 5.87. The zero-order valence-electron chi connectivity index (χ0n) is 9.85. The van der Waals surface area contributed by atoms with Gasteiger partial charge in [-0.25, -0.2) is 0 Å². The summed E-state index contributed by atoms with van der Waals surface area (Å²) in [4.78, 5) is 10.7. The number of carbonyl (C=O) groups is 1. The van der Waals surface area contributed by atoms with E-state index in [2.05, 4.69) is 0 Å². The fourth-order valence-electron chi connectivity index (χ4n) is 1.31. The first-order valence-corrected chi connectivity index (χ1v) is 5.51. The van der Waals surface area contributed by atoms with E-state index in [0.717, 1.165) is 6.42 Å². The molecule has 0 amide bonds. The van der Waals surface area contributed by atoms with Crippen molar-refractivity contribution < 1.29 is 9.53 Å². The summed E-state index contributed by atoms with van der Waals surface area (Å²) in [6.45, 7) is 4.18. The van der Waals surface area contributed by atoms with Crippen LogP contribution in [0.3, 0.4) is 0 Å². The van der Waals surface area contributed by atoms with Gasteiger partial charge in [-0.15, -0.1) is 0 Å². The second kappa shape index (κ2) is 6.96. The summed E-state index contributed by atoms with van der Waals surface area (Å²) in [7, 11) is 0. The predicted octanol–water partition coefficient (Wildman–Crippen LogP) is 3.13. The average molecular weight is 218 g/mol. The molecule has 1 aromatic rings. The molecule has 0 bridgehead atoms. The van der Waals surface area contributed by atoms with Gasteiger partial charge in [0.15, 0.2) is 5.78 Å². The van der Waals surface area contributed by atoms with Gasteiger partial charge in [0.05, 0.1) is 12.7 Å². The number of rotatable bonds is 6. The van der Waals surface area contributed by atoms with Gasteiger partial charge in [0.25, 0.3) is 0 Å². The molecule has 2 heteroatoms. The summed E-state index contributed by atoms with van der Waals surface area (Å²) in [5, 5.41) is 0. The maximum Gasteiger partial charge on any atom is 0.152 e. The van der Waals surface area contributed by atoms with Crippen LogP contribution in [0.4, 0.5) is 0 Å². The van der Waals surface area contributed by atoms with Crippen molar-refractivity contribution in [3.8, 4) is 0 Å². The molecule has 0 N–H and O–H groups in total. The standard InChI is InChI=1S/C14H18O2/c1-12(15)7-6-8-13(2)16-11-14-9-4-3-5-10-14/h3-7,9-10,13H,8,11H2,1-2H3. The maximum atomic E-state index is 10.7. The second-order valence-corrected chi connectivity index (χ2v) is 3.86. The van der Waals surface area contributed by atoms with E-state index in [1.165, 1.54) is 5.56 Å². The second-order valence-electron chi connectivity index (χ2n) is 3.86. The van der Waals surface area contributed by atoms with Gasteiger partial charge in [-0.3, -0.25) is 4.79 Å². The van der Waals surface area contributed by atoms with Crippen molar-refractivity contribution in [2.45, 2.75) is 33.0 Å². The lowest BCUT2D eigenvalue weighted by atomic mass is 10.2. The van der Waals surface area contributed by atoms with E-state index in [0.29, 0.717) is 6.61 Å². The number of ether oxygens (including phenoxy) is 1. The van der Waals surface area contributed by atoms with Crippen LogP contribution in [0.25, 0.3) is 0 Å². The van der Waals surface area contributed by atoms with Crippen LogP contribution >= 0.6 is 0 Å². The van der Waals surface area contributed by atoms with Crippen molar-refractivity contribution in [1.82, 2.24) is 0 Å². The molecule has 0 heterocycles. The van der Waals surface area contributed by atoms with Gasteiger partial charge in [0.1, 0.15) is 0 Å². The molecule has 0 saturated carbocycles. The van der Waals surface area contributed by atoms with E-state index in [1.54, 1.807) is 13.0 Å². The molecule has 1 unspecified atom stereocenters. The molecule has 0 aliphatic carbocycles. The van der Waals surface area contributed by atoms with Crippen LogP contribution in [0.5, 0.6) is 0 Å². The van der Waals surface area contributed by atoms with Gasteiger partial charge in [0, 0.05) is 0 Å². The number of benzene rings is 1. The summed E-state index contributed by atoms with van der Waals surface area (Å²) in [5.41, 5.74) is 1.17. The van der Waals surface area contributed by atoms with E-state index in [9.17, 15) is 4.79 Å². The molecule has 16 heavy (non-hydrogen) atoms. The Labute approximate surface area is 96.9 Å². The van der Waals surface area contributed by atoms with E-state index in [1.807, 2.05) is 43.3 Å². The van der Waals surface area contributed by atoms with Crippen molar-refractivity contribution in [1.29, 1.82) is 0 Å². The third-order valence-corrected chi connectivity index (χ3v) is 2.20. The zero-order chi connectivity index (χ0) is 11.8. The van der Waals surface area contributed by atoms with Crippen molar-refractivity contribution in [2.24, 2.45) is 0 Å². The Balaban J connectivity index is 2.25. The van der Waals surface area contributed by atoms with Crippen LogP contribution in [-0.4, -0.2) is 11.9 Å². The summed E-state index contributed by atoms with van der Waals surface area (Å²) in [6.07, 6.45) is 4.35. The van der Waals surface area contributed by atoms with Crippen LogP contribution in [0.15, 0.2) is 42.5 Å². The highest BCUT2D eigenvalue weighted by Gasteiger charge is 2.00. The molecule has 0 aliphatic heterocycles. The number of allylic oxidation sites excluding steroid dienone is 1. The van der Waals surface area contributed by atoms with Crippen LogP contribution in [0.2, 0.25) is 0 Å². The largest absolute Gasteiger partial charge is 0.374 e. The smallest absolute Gasteiger partial charge is 0.152 e. The van der Waals surface area contributed by atoms with Crippen molar-refractivity contribution in [2.75, 3.05) is 0 Å². The quantitative estimate of drug-likeness (QED) is 0.686. The van der Waals surface area contributed by atoms with E-state index < -0.39 is 0 Å².